The van der Waals surface area contributed by atoms with E-state index in [4.69, 9.17) is 3.07 Å². The Morgan fingerprint density at radius 2 is 1.73 bits per heavy atom. The van der Waals surface area contributed by atoms with Crippen molar-refractivity contribution in [1.82, 2.24) is 0 Å². The van der Waals surface area contributed by atoms with Crippen molar-refractivity contribution in [2.24, 2.45) is 11.8 Å². The Labute approximate surface area is 83.6 Å². The van der Waals surface area contributed by atoms with E-state index in [1.165, 1.54) is 32.1 Å². The van der Waals surface area contributed by atoms with E-state index in [2.05, 4.69) is 6.92 Å². The molecule has 0 unspecified atom stereocenters. The molecular weight excluding hydrogens is 251 g/mol. The van der Waals surface area contributed by atoms with E-state index in [1.54, 1.807) is 0 Å². The number of hydrogen-bond donors (Lipinski definition) is 0. The number of hydrogen-bond acceptors (Lipinski definition) is 1. The fraction of sp³-hybridized carbons (Fsp3) is 1.00. The average molecular weight is 268 g/mol. The Hall–Kier alpha value is 0.690. The highest BCUT2D eigenvalue weighted by Crippen LogP contribution is 2.30. The predicted molar refractivity (Wildman–Crippen MR) is 55.7 cm³/mol. The minimum Gasteiger partial charge on any atom is -0.316 e. The molecule has 66 valence electrons. The maximum Gasteiger partial charge on any atom is 0.109 e. The van der Waals surface area contributed by atoms with Crippen LogP contribution in [0.2, 0.25) is 0 Å². The van der Waals surface area contributed by atoms with Gasteiger partial charge in [-0.2, -0.15) is 0 Å². The van der Waals surface area contributed by atoms with Gasteiger partial charge in [0.05, 0.1) is 6.61 Å². The Bertz CT molecular complexity index is 97.7. The quantitative estimate of drug-likeness (QED) is 0.711. The summed E-state index contributed by atoms with van der Waals surface area (Å²) in [6, 6.07) is 0. The van der Waals surface area contributed by atoms with Gasteiger partial charge < -0.3 is 3.07 Å². The van der Waals surface area contributed by atoms with E-state index in [0.717, 1.165) is 18.4 Å². The maximum absolute atomic E-state index is 5.12. The highest BCUT2D eigenvalue weighted by Gasteiger charge is 2.19. The number of rotatable bonds is 3. The molecule has 1 aliphatic rings. The third kappa shape index (κ3) is 3.28. The third-order valence-corrected chi connectivity index (χ3v) is 3.20. The lowest BCUT2D eigenvalue weighted by Gasteiger charge is -2.26. The molecule has 0 aromatic heterocycles. The van der Waals surface area contributed by atoms with Gasteiger partial charge in [-0.15, -0.1) is 0 Å². The molecule has 0 aromatic carbocycles. The first-order valence-corrected chi connectivity index (χ1v) is 5.48. The standard InChI is InChI=1S/C9H17IO/c1-2-8-3-5-9(6-4-8)7-11-10/h8-9H,2-7H2,1H3. The zero-order chi connectivity index (χ0) is 8.10. The van der Waals surface area contributed by atoms with Crippen LogP contribution in [-0.4, -0.2) is 6.61 Å². The summed E-state index contributed by atoms with van der Waals surface area (Å²) < 4.78 is 5.12. The van der Waals surface area contributed by atoms with Crippen LogP contribution in [0.5, 0.6) is 0 Å². The molecule has 0 saturated heterocycles. The third-order valence-electron chi connectivity index (χ3n) is 2.84. The molecule has 0 N–H and O–H groups in total. The van der Waals surface area contributed by atoms with Crippen molar-refractivity contribution in [2.75, 3.05) is 6.61 Å². The molecule has 0 atom stereocenters. The molecule has 2 heteroatoms. The molecule has 0 radical (unpaired) electrons. The van der Waals surface area contributed by atoms with Crippen molar-refractivity contribution in [3.63, 3.8) is 0 Å². The largest absolute Gasteiger partial charge is 0.316 e. The van der Waals surface area contributed by atoms with Crippen LogP contribution in [0.1, 0.15) is 39.0 Å². The molecule has 0 amide bonds. The lowest BCUT2D eigenvalue weighted by Crippen LogP contribution is -2.16. The molecule has 0 spiro atoms. The first-order valence-electron chi connectivity index (χ1n) is 4.60. The number of halogens is 1. The zero-order valence-corrected chi connectivity index (χ0v) is 9.34. The van der Waals surface area contributed by atoms with Gasteiger partial charge in [-0.05, 0) is 24.7 Å². The summed E-state index contributed by atoms with van der Waals surface area (Å²) in [5.41, 5.74) is 0. The van der Waals surface area contributed by atoms with Crippen molar-refractivity contribution in [2.45, 2.75) is 39.0 Å². The molecule has 1 nitrogen and oxygen atoms in total. The van der Waals surface area contributed by atoms with E-state index in [0.29, 0.717) is 0 Å². The van der Waals surface area contributed by atoms with Gasteiger partial charge in [0.25, 0.3) is 0 Å². The monoisotopic (exact) mass is 268 g/mol. The molecule has 0 bridgehead atoms. The first-order chi connectivity index (χ1) is 5.36. The molecule has 1 rings (SSSR count). The van der Waals surface area contributed by atoms with E-state index in [-0.39, 0.29) is 0 Å². The molecule has 0 heterocycles. The van der Waals surface area contributed by atoms with Crippen LogP contribution < -0.4 is 0 Å². The average Bonchev–Trinajstić information content (AvgIpc) is 2.07. The zero-order valence-electron chi connectivity index (χ0n) is 7.18. The van der Waals surface area contributed by atoms with Gasteiger partial charge in [0.2, 0.25) is 0 Å². The van der Waals surface area contributed by atoms with Crippen LogP contribution in [0.25, 0.3) is 0 Å². The van der Waals surface area contributed by atoms with Crippen LogP contribution in [-0.2, 0) is 3.07 Å². The Balaban J connectivity index is 2.14. The second kappa shape index (κ2) is 5.36. The van der Waals surface area contributed by atoms with Crippen molar-refractivity contribution in [1.29, 1.82) is 0 Å². The minimum atomic E-state index is 0.856. The molecule has 0 aromatic rings. The van der Waals surface area contributed by atoms with Gasteiger partial charge in [-0.3, -0.25) is 0 Å². The molecule has 1 aliphatic carbocycles. The van der Waals surface area contributed by atoms with E-state index in [1.807, 2.05) is 23.0 Å². The summed E-state index contributed by atoms with van der Waals surface area (Å²) in [6.45, 7) is 3.27. The highest BCUT2D eigenvalue weighted by molar-refractivity contribution is 14.1. The second-order valence-electron chi connectivity index (χ2n) is 3.57. The summed E-state index contributed by atoms with van der Waals surface area (Å²) in [5, 5.41) is 0. The van der Waals surface area contributed by atoms with Gasteiger partial charge in [-0.25, -0.2) is 0 Å². The predicted octanol–water partition coefficient (Wildman–Crippen LogP) is 3.57. The van der Waals surface area contributed by atoms with Crippen LogP contribution >= 0.6 is 23.0 Å². The first kappa shape index (κ1) is 9.78. The van der Waals surface area contributed by atoms with Gasteiger partial charge >= 0.3 is 0 Å². The topological polar surface area (TPSA) is 9.23 Å². The second-order valence-corrected chi connectivity index (χ2v) is 4.19. The molecule has 0 aliphatic heterocycles. The van der Waals surface area contributed by atoms with Crippen molar-refractivity contribution >= 4 is 23.0 Å². The molecule has 1 fully saturated rings. The minimum absolute atomic E-state index is 0.856. The van der Waals surface area contributed by atoms with Gasteiger partial charge in [-0.1, -0.05) is 26.2 Å². The SMILES string of the molecule is CCC1CCC(COI)CC1. The van der Waals surface area contributed by atoms with E-state index in [9.17, 15) is 0 Å². The summed E-state index contributed by atoms with van der Waals surface area (Å²) in [6.07, 6.45) is 7.02. The van der Waals surface area contributed by atoms with Gasteiger partial charge in [0, 0.05) is 0 Å². The van der Waals surface area contributed by atoms with Crippen molar-refractivity contribution in [3.8, 4) is 0 Å². The lowest BCUT2D eigenvalue weighted by atomic mass is 9.81. The Morgan fingerprint density at radius 1 is 1.18 bits per heavy atom. The summed E-state index contributed by atoms with van der Waals surface area (Å²) in [5.74, 6) is 1.87. The fourth-order valence-corrected chi connectivity index (χ4v) is 2.40. The fourth-order valence-electron chi connectivity index (χ4n) is 1.90. The Morgan fingerprint density at radius 3 is 2.18 bits per heavy atom. The normalized spacial score (nSPS) is 32.2. The van der Waals surface area contributed by atoms with Crippen LogP contribution in [0.3, 0.4) is 0 Å². The van der Waals surface area contributed by atoms with Crippen molar-refractivity contribution < 1.29 is 3.07 Å². The van der Waals surface area contributed by atoms with Crippen LogP contribution in [0.4, 0.5) is 0 Å². The summed E-state index contributed by atoms with van der Waals surface area (Å²) >= 11 is 2.00. The molecule has 1 saturated carbocycles. The summed E-state index contributed by atoms with van der Waals surface area (Å²) in [4.78, 5) is 0. The Kier molecular flexibility index (Phi) is 4.76. The molecular formula is C9H17IO. The van der Waals surface area contributed by atoms with Gasteiger partial charge in [0.1, 0.15) is 23.0 Å². The smallest absolute Gasteiger partial charge is 0.109 e. The van der Waals surface area contributed by atoms with Crippen LogP contribution in [0, 0.1) is 11.8 Å². The molecule has 11 heavy (non-hydrogen) atoms. The summed E-state index contributed by atoms with van der Waals surface area (Å²) in [7, 11) is 0. The highest BCUT2D eigenvalue weighted by atomic mass is 127. The van der Waals surface area contributed by atoms with E-state index < -0.39 is 0 Å². The van der Waals surface area contributed by atoms with Crippen LogP contribution in [0.15, 0.2) is 0 Å². The van der Waals surface area contributed by atoms with Crippen molar-refractivity contribution in [3.05, 3.63) is 0 Å². The van der Waals surface area contributed by atoms with E-state index >= 15 is 0 Å². The van der Waals surface area contributed by atoms with Gasteiger partial charge in [0.15, 0.2) is 0 Å². The lowest BCUT2D eigenvalue weighted by molar-refractivity contribution is 0.213. The maximum atomic E-state index is 5.12.